The van der Waals surface area contributed by atoms with Crippen molar-refractivity contribution in [2.75, 3.05) is 10.5 Å². The minimum atomic E-state index is -4.00. The average molecular weight is 326 g/mol. The number of nitrogens with two attached hydrogens (primary N) is 1. The maximum atomic E-state index is 13.2. The van der Waals surface area contributed by atoms with E-state index in [0.717, 1.165) is 12.1 Å². The number of sulfonamides is 1. The Balaban J connectivity index is 2.43. The number of nitrogens with one attached hydrogen (secondary N) is 1. The van der Waals surface area contributed by atoms with Crippen molar-refractivity contribution in [2.45, 2.75) is 4.90 Å². The number of hydrogen-bond acceptors (Lipinski definition) is 4. The molecule has 0 aromatic heterocycles. The van der Waals surface area contributed by atoms with E-state index in [9.17, 15) is 12.8 Å². The molecule has 5 nitrogen and oxygen atoms in total. The zero-order valence-electron chi connectivity index (χ0n) is 10.5. The van der Waals surface area contributed by atoms with Gasteiger partial charge < -0.3 is 5.73 Å². The fraction of sp³-hybridized carbons (Fsp3) is 0. The predicted octanol–water partition coefficient (Wildman–Crippen LogP) is 2.73. The van der Waals surface area contributed by atoms with E-state index in [0.29, 0.717) is 0 Å². The first-order valence-electron chi connectivity index (χ1n) is 5.61. The molecule has 0 unspecified atom stereocenters. The summed E-state index contributed by atoms with van der Waals surface area (Å²) in [4.78, 5) is -0.202. The van der Waals surface area contributed by atoms with Crippen LogP contribution in [0.25, 0.3) is 0 Å². The van der Waals surface area contributed by atoms with Crippen LogP contribution in [0.15, 0.2) is 41.3 Å². The number of anilines is 2. The van der Waals surface area contributed by atoms with Crippen molar-refractivity contribution >= 4 is 33.0 Å². The topological polar surface area (TPSA) is 96.0 Å². The van der Waals surface area contributed by atoms with E-state index >= 15 is 0 Å². The maximum absolute atomic E-state index is 13.2. The van der Waals surface area contributed by atoms with Gasteiger partial charge in [0.25, 0.3) is 10.0 Å². The van der Waals surface area contributed by atoms with Crippen LogP contribution in [0, 0.1) is 17.1 Å². The van der Waals surface area contributed by atoms with Gasteiger partial charge in [0.15, 0.2) is 0 Å². The van der Waals surface area contributed by atoms with Crippen molar-refractivity contribution in [3.8, 4) is 6.07 Å². The molecule has 3 N–H and O–H groups in total. The second kappa shape index (κ2) is 5.60. The number of rotatable bonds is 3. The summed E-state index contributed by atoms with van der Waals surface area (Å²) in [5.74, 6) is -0.734. The lowest BCUT2D eigenvalue weighted by molar-refractivity contribution is 0.601. The molecule has 8 heteroatoms. The van der Waals surface area contributed by atoms with Gasteiger partial charge in [-0.15, -0.1) is 0 Å². The van der Waals surface area contributed by atoms with Gasteiger partial charge in [0, 0.05) is 5.69 Å². The molecule has 2 aromatic rings. The van der Waals surface area contributed by atoms with Gasteiger partial charge in [-0.25, -0.2) is 12.8 Å². The Hall–Kier alpha value is -2.30. The summed E-state index contributed by atoms with van der Waals surface area (Å²) in [6.45, 7) is 0. The number of halogens is 2. The van der Waals surface area contributed by atoms with Crippen LogP contribution in [0.3, 0.4) is 0 Å². The average Bonchev–Trinajstić information content (AvgIpc) is 2.43. The van der Waals surface area contributed by atoms with E-state index in [1.165, 1.54) is 24.3 Å². The molecule has 0 saturated carbocycles. The lowest BCUT2D eigenvalue weighted by Gasteiger charge is -2.10. The van der Waals surface area contributed by atoms with E-state index in [1.54, 1.807) is 6.07 Å². The van der Waals surface area contributed by atoms with Crippen LogP contribution in [0.1, 0.15) is 5.56 Å². The van der Waals surface area contributed by atoms with Crippen LogP contribution in [-0.2, 0) is 10.0 Å². The molecule has 21 heavy (non-hydrogen) atoms. The van der Waals surface area contributed by atoms with Crippen LogP contribution in [0.2, 0.25) is 5.02 Å². The Bertz CT molecular complexity index is 847. The molecule has 0 aliphatic heterocycles. The molecule has 0 aliphatic rings. The van der Waals surface area contributed by atoms with Gasteiger partial charge in [0.2, 0.25) is 0 Å². The summed E-state index contributed by atoms with van der Waals surface area (Å²) >= 11 is 5.84. The highest BCUT2D eigenvalue weighted by Crippen LogP contribution is 2.26. The van der Waals surface area contributed by atoms with Crippen LogP contribution >= 0.6 is 11.6 Å². The molecule has 0 amide bonds. The molecule has 0 radical (unpaired) electrons. The molecular weight excluding hydrogens is 317 g/mol. The first-order chi connectivity index (χ1) is 9.83. The van der Waals surface area contributed by atoms with Crippen molar-refractivity contribution in [2.24, 2.45) is 0 Å². The Morgan fingerprint density at radius 3 is 2.62 bits per heavy atom. The summed E-state index contributed by atoms with van der Waals surface area (Å²) < 4.78 is 39.9. The van der Waals surface area contributed by atoms with E-state index in [1.807, 2.05) is 0 Å². The van der Waals surface area contributed by atoms with Gasteiger partial charge in [0.05, 0.1) is 16.3 Å². The Morgan fingerprint density at radius 1 is 1.24 bits per heavy atom. The van der Waals surface area contributed by atoms with Crippen LogP contribution < -0.4 is 10.5 Å². The molecule has 0 bridgehead atoms. The van der Waals surface area contributed by atoms with Gasteiger partial charge in [-0.2, -0.15) is 5.26 Å². The monoisotopic (exact) mass is 325 g/mol. The van der Waals surface area contributed by atoms with E-state index < -0.39 is 15.8 Å². The molecule has 0 atom stereocenters. The number of nitrogens with zero attached hydrogens (tertiary/aromatic N) is 1. The summed E-state index contributed by atoms with van der Waals surface area (Å²) in [7, 11) is -4.00. The fourth-order valence-corrected chi connectivity index (χ4v) is 3.20. The Morgan fingerprint density at radius 2 is 1.95 bits per heavy atom. The minimum Gasteiger partial charge on any atom is -0.399 e. The van der Waals surface area contributed by atoms with E-state index in [2.05, 4.69) is 4.72 Å². The highest BCUT2D eigenvalue weighted by molar-refractivity contribution is 7.92. The van der Waals surface area contributed by atoms with Crippen LogP contribution in [0.5, 0.6) is 0 Å². The van der Waals surface area contributed by atoms with Crippen molar-refractivity contribution in [1.82, 2.24) is 0 Å². The third kappa shape index (κ3) is 3.24. The quantitative estimate of drug-likeness (QED) is 0.848. The molecule has 108 valence electrons. The molecule has 0 saturated heterocycles. The lowest BCUT2D eigenvalue weighted by atomic mass is 10.2. The molecular formula is C13H9ClFN3O2S. The highest BCUT2D eigenvalue weighted by atomic mass is 35.5. The fourth-order valence-electron chi connectivity index (χ4n) is 1.61. The summed E-state index contributed by atoms with van der Waals surface area (Å²) in [6.07, 6.45) is 0. The van der Waals surface area contributed by atoms with Crippen molar-refractivity contribution in [3.63, 3.8) is 0 Å². The Labute approximate surface area is 125 Å². The number of hydrogen-bond donors (Lipinski definition) is 2. The first-order valence-corrected chi connectivity index (χ1v) is 7.47. The van der Waals surface area contributed by atoms with Gasteiger partial charge in [-0.1, -0.05) is 11.6 Å². The van der Waals surface area contributed by atoms with Crippen molar-refractivity contribution in [3.05, 3.63) is 52.8 Å². The highest BCUT2D eigenvalue weighted by Gasteiger charge is 2.19. The summed E-state index contributed by atoms with van der Waals surface area (Å²) in [6, 6.07) is 8.95. The second-order valence-corrected chi connectivity index (χ2v) is 6.16. The second-order valence-electron chi connectivity index (χ2n) is 4.10. The van der Waals surface area contributed by atoms with E-state index in [4.69, 9.17) is 22.6 Å². The van der Waals surface area contributed by atoms with Crippen LogP contribution in [-0.4, -0.2) is 8.42 Å². The molecule has 0 heterocycles. The van der Waals surface area contributed by atoms with Crippen molar-refractivity contribution in [1.29, 1.82) is 5.26 Å². The molecule has 0 spiro atoms. The van der Waals surface area contributed by atoms with Gasteiger partial charge in [-0.3, -0.25) is 4.72 Å². The van der Waals surface area contributed by atoms with Gasteiger partial charge in [0.1, 0.15) is 16.8 Å². The van der Waals surface area contributed by atoms with Gasteiger partial charge >= 0.3 is 0 Å². The zero-order chi connectivity index (χ0) is 15.6. The molecule has 0 fully saturated rings. The SMILES string of the molecule is N#Cc1cc(NS(=O)(=O)c2cc(N)ccc2Cl)ccc1F. The normalized spacial score (nSPS) is 10.9. The number of nitrogen functional groups attached to an aromatic ring is 1. The maximum Gasteiger partial charge on any atom is 0.263 e. The molecule has 2 rings (SSSR count). The van der Waals surface area contributed by atoms with Gasteiger partial charge in [-0.05, 0) is 36.4 Å². The lowest BCUT2D eigenvalue weighted by Crippen LogP contribution is -2.14. The van der Waals surface area contributed by atoms with Crippen LogP contribution in [0.4, 0.5) is 15.8 Å². The minimum absolute atomic E-state index is 0.000631. The largest absolute Gasteiger partial charge is 0.399 e. The predicted molar refractivity (Wildman–Crippen MR) is 77.8 cm³/mol. The third-order valence-electron chi connectivity index (χ3n) is 2.58. The third-order valence-corrected chi connectivity index (χ3v) is 4.45. The standard InChI is InChI=1S/C13H9ClFN3O2S/c14-11-3-1-9(17)6-13(11)21(19,20)18-10-2-4-12(15)8(5-10)7-16/h1-6,18H,17H2. The first kappa shape index (κ1) is 15.1. The molecule has 0 aliphatic carbocycles. The zero-order valence-corrected chi connectivity index (χ0v) is 12.0. The summed E-state index contributed by atoms with van der Waals surface area (Å²) in [5, 5.41) is 8.73. The number of nitriles is 1. The summed E-state index contributed by atoms with van der Waals surface area (Å²) in [5.41, 5.74) is 5.55. The Kier molecular flexibility index (Phi) is 4.02. The van der Waals surface area contributed by atoms with Crippen molar-refractivity contribution < 1.29 is 12.8 Å². The molecule has 2 aromatic carbocycles. The smallest absolute Gasteiger partial charge is 0.263 e. The van der Waals surface area contributed by atoms with E-state index in [-0.39, 0.29) is 26.9 Å². The number of benzene rings is 2.